The first kappa shape index (κ1) is 26.3. The van der Waals surface area contributed by atoms with Crippen LogP contribution in [-0.4, -0.2) is 41.3 Å². The summed E-state index contributed by atoms with van der Waals surface area (Å²) in [4.78, 5) is 12.4. The lowest BCUT2D eigenvalue weighted by molar-refractivity contribution is -0.137. The van der Waals surface area contributed by atoms with Gasteiger partial charge in [0.2, 0.25) is 15.9 Å². The number of nitrogens with one attached hydrogen (secondary N) is 1. The number of sulfonamides is 1. The minimum absolute atomic E-state index is 0.0262. The van der Waals surface area contributed by atoms with E-state index in [0.717, 1.165) is 28.8 Å². The Balaban J connectivity index is 2.06. The monoisotopic (exact) mass is 488 g/mol. The van der Waals surface area contributed by atoms with E-state index < -0.39 is 27.8 Å². The molecule has 1 amide bonds. The van der Waals surface area contributed by atoms with E-state index in [0.29, 0.717) is 17.1 Å². The molecule has 2 aromatic rings. The van der Waals surface area contributed by atoms with Crippen LogP contribution >= 0.6 is 0 Å². The van der Waals surface area contributed by atoms with Crippen molar-refractivity contribution in [2.24, 2.45) is 0 Å². The van der Waals surface area contributed by atoms with E-state index in [1.54, 1.807) is 25.1 Å². The first-order valence-electron chi connectivity index (χ1n) is 10.0. The number of rotatable bonds is 10. The quantitative estimate of drug-likeness (QED) is 0.543. The van der Waals surface area contributed by atoms with Gasteiger partial charge in [0.1, 0.15) is 11.5 Å². The Morgan fingerprint density at radius 1 is 1.12 bits per heavy atom. The van der Waals surface area contributed by atoms with Crippen LogP contribution < -0.4 is 19.1 Å². The van der Waals surface area contributed by atoms with Crippen molar-refractivity contribution in [3.8, 4) is 11.5 Å². The van der Waals surface area contributed by atoms with E-state index in [1.165, 1.54) is 20.3 Å². The Morgan fingerprint density at radius 2 is 1.82 bits per heavy atom. The molecule has 1 atom stereocenters. The molecule has 0 radical (unpaired) electrons. The van der Waals surface area contributed by atoms with Gasteiger partial charge in [-0.1, -0.05) is 6.07 Å². The molecule has 2 aromatic carbocycles. The summed E-state index contributed by atoms with van der Waals surface area (Å²) in [5, 5.41) is 2.81. The summed E-state index contributed by atoms with van der Waals surface area (Å²) in [6.45, 7) is 1.62. The van der Waals surface area contributed by atoms with Gasteiger partial charge < -0.3 is 14.8 Å². The summed E-state index contributed by atoms with van der Waals surface area (Å²) in [5.74, 6) is 0.818. The average Bonchev–Trinajstić information content (AvgIpc) is 2.74. The summed E-state index contributed by atoms with van der Waals surface area (Å²) in [6, 6.07) is 8.84. The van der Waals surface area contributed by atoms with Crippen molar-refractivity contribution in [1.29, 1.82) is 0 Å². The highest BCUT2D eigenvalue weighted by atomic mass is 32.2. The maximum atomic E-state index is 13.0. The molecule has 0 fully saturated rings. The Kier molecular flexibility index (Phi) is 8.59. The Hall–Kier alpha value is -2.95. The van der Waals surface area contributed by atoms with Gasteiger partial charge in [-0.05, 0) is 49.7 Å². The predicted molar refractivity (Wildman–Crippen MR) is 119 cm³/mol. The minimum atomic E-state index is -4.60. The molecule has 182 valence electrons. The lowest BCUT2D eigenvalue weighted by atomic mass is 10.1. The third-order valence-corrected chi connectivity index (χ3v) is 6.10. The lowest BCUT2D eigenvalue weighted by Crippen LogP contribution is -2.32. The summed E-state index contributed by atoms with van der Waals surface area (Å²) < 4.78 is 74.8. The number of hydrogen-bond donors (Lipinski definition) is 1. The van der Waals surface area contributed by atoms with Gasteiger partial charge >= 0.3 is 6.18 Å². The topological polar surface area (TPSA) is 84.9 Å². The number of carbonyl (C=O) groups excluding carboxylic acids is 1. The molecular formula is C22H27F3N2O5S. The van der Waals surface area contributed by atoms with Crippen LogP contribution in [0.5, 0.6) is 11.5 Å². The van der Waals surface area contributed by atoms with Crippen LogP contribution in [0.25, 0.3) is 0 Å². The van der Waals surface area contributed by atoms with E-state index >= 15 is 0 Å². The number of carbonyl (C=O) groups is 1. The zero-order chi connectivity index (χ0) is 24.8. The van der Waals surface area contributed by atoms with Gasteiger partial charge in [0.15, 0.2) is 0 Å². The van der Waals surface area contributed by atoms with Crippen molar-refractivity contribution in [3.05, 3.63) is 53.6 Å². The van der Waals surface area contributed by atoms with E-state index in [9.17, 15) is 26.4 Å². The number of amides is 1. The maximum Gasteiger partial charge on any atom is 0.416 e. The Morgan fingerprint density at radius 3 is 2.39 bits per heavy atom. The molecule has 0 aliphatic heterocycles. The van der Waals surface area contributed by atoms with Crippen LogP contribution in [0, 0.1) is 0 Å². The van der Waals surface area contributed by atoms with E-state index in [-0.39, 0.29) is 31.0 Å². The summed E-state index contributed by atoms with van der Waals surface area (Å²) in [7, 11) is -0.829. The number of anilines is 1. The largest absolute Gasteiger partial charge is 0.497 e. The molecule has 0 bridgehead atoms. The van der Waals surface area contributed by atoms with Crippen LogP contribution in [0.15, 0.2) is 42.5 Å². The van der Waals surface area contributed by atoms with E-state index in [4.69, 9.17) is 9.47 Å². The van der Waals surface area contributed by atoms with Crippen molar-refractivity contribution in [2.45, 2.75) is 32.0 Å². The molecule has 0 aliphatic carbocycles. The lowest BCUT2D eigenvalue weighted by Gasteiger charge is -2.23. The van der Waals surface area contributed by atoms with E-state index in [2.05, 4.69) is 5.32 Å². The molecular weight excluding hydrogens is 461 g/mol. The van der Waals surface area contributed by atoms with E-state index in [1.807, 2.05) is 0 Å². The second kappa shape index (κ2) is 10.8. The van der Waals surface area contributed by atoms with Crippen molar-refractivity contribution in [1.82, 2.24) is 5.32 Å². The fourth-order valence-electron chi connectivity index (χ4n) is 3.28. The summed E-state index contributed by atoms with van der Waals surface area (Å²) >= 11 is 0. The van der Waals surface area contributed by atoms with Crippen LogP contribution in [-0.2, 0) is 21.0 Å². The zero-order valence-corrected chi connectivity index (χ0v) is 19.6. The Labute approximate surface area is 191 Å². The fourth-order valence-corrected chi connectivity index (χ4v) is 4.23. The predicted octanol–water partition coefficient (Wildman–Crippen LogP) is 4.15. The van der Waals surface area contributed by atoms with Gasteiger partial charge in [-0.2, -0.15) is 13.2 Å². The standard InChI is InChI=1S/C22H27F3N2O5S/c1-15(19-14-18(31-2)10-11-20(19)32-3)26-21(28)9-6-12-27(33(4,29)30)17-8-5-7-16(13-17)22(23,24)25/h5,7-8,10-11,13-15H,6,9,12H2,1-4H3,(H,26,28)/t15-/m0/s1. The second-order valence-corrected chi connectivity index (χ2v) is 9.29. The van der Waals surface area contributed by atoms with Crippen LogP contribution in [0.2, 0.25) is 0 Å². The molecule has 0 aliphatic rings. The van der Waals surface area contributed by atoms with Gasteiger partial charge in [-0.3, -0.25) is 9.10 Å². The molecule has 0 unspecified atom stereocenters. The molecule has 11 heteroatoms. The molecule has 33 heavy (non-hydrogen) atoms. The fraction of sp³-hybridized carbons (Fsp3) is 0.409. The molecule has 0 spiro atoms. The molecule has 1 N–H and O–H groups in total. The van der Waals surface area contributed by atoms with Gasteiger partial charge in [0.25, 0.3) is 0 Å². The number of halogens is 3. The number of hydrogen-bond acceptors (Lipinski definition) is 5. The van der Waals surface area contributed by atoms with Crippen LogP contribution in [0.3, 0.4) is 0 Å². The highest BCUT2D eigenvalue weighted by molar-refractivity contribution is 7.92. The zero-order valence-electron chi connectivity index (χ0n) is 18.8. The van der Waals surface area contributed by atoms with Gasteiger partial charge in [0.05, 0.1) is 37.8 Å². The minimum Gasteiger partial charge on any atom is -0.497 e. The molecule has 0 saturated carbocycles. The first-order chi connectivity index (χ1) is 15.4. The van der Waals surface area contributed by atoms with Crippen LogP contribution in [0.4, 0.5) is 18.9 Å². The molecule has 0 heterocycles. The highest BCUT2D eigenvalue weighted by Crippen LogP contribution is 2.32. The van der Waals surface area contributed by atoms with Crippen molar-refractivity contribution in [3.63, 3.8) is 0 Å². The number of methoxy groups -OCH3 is 2. The molecule has 0 aromatic heterocycles. The number of nitrogens with zero attached hydrogens (tertiary/aromatic N) is 1. The summed E-state index contributed by atoms with van der Waals surface area (Å²) in [5.41, 5.74) is -0.360. The third kappa shape index (κ3) is 7.28. The number of benzene rings is 2. The van der Waals surface area contributed by atoms with Crippen molar-refractivity contribution >= 4 is 21.6 Å². The van der Waals surface area contributed by atoms with Gasteiger partial charge in [-0.15, -0.1) is 0 Å². The summed E-state index contributed by atoms with van der Waals surface area (Å²) in [6.07, 6.45) is -3.61. The normalized spacial score (nSPS) is 12.7. The van der Waals surface area contributed by atoms with Gasteiger partial charge in [0, 0.05) is 18.5 Å². The maximum absolute atomic E-state index is 13.0. The van der Waals surface area contributed by atoms with Gasteiger partial charge in [-0.25, -0.2) is 8.42 Å². The smallest absolute Gasteiger partial charge is 0.416 e. The number of alkyl halides is 3. The van der Waals surface area contributed by atoms with Crippen molar-refractivity contribution < 1.29 is 35.9 Å². The molecule has 7 nitrogen and oxygen atoms in total. The first-order valence-corrected chi connectivity index (χ1v) is 11.9. The molecule has 0 saturated heterocycles. The Bertz CT molecular complexity index is 1070. The highest BCUT2D eigenvalue weighted by Gasteiger charge is 2.31. The average molecular weight is 489 g/mol. The van der Waals surface area contributed by atoms with Crippen LogP contribution in [0.1, 0.15) is 36.9 Å². The van der Waals surface area contributed by atoms with Crippen molar-refractivity contribution in [2.75, 3.05) is 31.3 Å². The molecule has 2 rings (SSSR count). The number of ether oxygens (including phenoxy) is 2. The SMILES string of the molecule is COc1ccc(OC)c([C@H](C)NC(=O)CCCN(c2cccc(C(F)(F)F)c2)S(C)(=O)=O)c1. The third-order valence-electron chi connectivity index (χ3n) is 4.91. The second-order valence-electron chi connectivity index (χ2n) is 7.38.